The number of amides is 1. The predicted octanol–water partition coefficient (Wildman–Crippen LogP) is -0.372. The van der Waals surface area contributed by atoms with Gasteiger partial charge in [-0.15, -0.1) is 0 Å². The van der Waals surface area contributed by atoms with Crippen LogP contribution in [0.15, 0.2) is 0 Å². The fourth-order valence-electron chi connectivity index (χ4n) is 2.94. The molecule has 2 rings (SSSR count). The maximum absolute atomic E-state index is 12.3. The molecule has 1 amide bonds. The maximum Gasteiger partial charge on any atom is 0.241 e. The minimum Gasteiger partial charge on any atom is -0.334 e. The smallest absolute Gasteiger partial charge is 0.241 e. The summed E-state index contributed by atoms with van der Waals surface area (Å²) in [6.45, 7) is 5.22. The van der Waals surface area contributed by atoms with E-state index in [2.05, 4.69) is 5.32 Å². The molecule has 4 atom stereocenters. The highest BCUT2D eigenvalue weighted by Gasteiger charge is 2.46. The molecule has 2 heterocycles. The van der Waals surface area contributed by atoms with Gasteiger partial charge in [0.1, 0.15) is 5.25 Å². The standard InChI is InChI=1S/C11H20N2O3S/c1-7-4-9-5-12-6-10(9)13(7)11(14)8(2)17(3,15)16/h7-10,12H,4-6H2,1-3H3. The van der Waals surface area contributed by atoms with E-state index in [4.69, 9.17) is 0 Å². The lowest BCUT2D eigenvalue weighted by Gasteiger charge is -2.29. The van der Waals surface area contributed by atoms with E-state index in [9.17, 15) is 13.2 Å². The van der Waals surface area contributed by atoms with Crippen molar-refractivity contribution in [3.05, 3.63) is 0 Å². The largest absolute Gasteiger partial charge is 0.334 e. The van der Waals surface area contributed by atoms with Crippen LogP contribution in [0, 0.1) is 5.92 Å². The first-order valence-corrected chi connectivity index (χ1v) is 7.99. The summed E-state index contributed by atoms with van der Waals surface area (Å²) < 4.78 is 22.9. The van der Waals surface area contributed by atoms with Gasteiger partial charge in [-0.05, 0) is 26.2 Å². The summed E-state index contributed by atoms with van der Waals surface area (Å²) in [7, 11) is -3.30. The van der Waals surface area contributed by atoms with Gasteiger partial charge in [-0.25, -0.2) is 8.42 Å². The minimum absolute atomic E-state index is 0.156. The monoisotopic (exact) mass is 260 g/mol. The Morgan fingerprint density at radius 2 is 2.06 bits per heavy atom. The summed E-state index contributed by atoms with van der Waals surface area (Å²) in [4.78, 5) is 14.1. The Morgan fingerprint density at radius 1 is 1.41 bits per heavy atom. The van der Waals surface area contributed by atoms with Crippen LogP contribution in [0.3, 0.4) is 0 Å². The third kappa shape index (κ3) is 2.20. The van der Waals surface area contributed by atoms with E-state index >= 15 is 0 Å². The SMILES string of the molecule is CC1CC2CNCC2N1C(=O)C(C)S(C)(=O)=O. The molecule has 0 bridgehead atoms. The molecule has 17 heavy (non-hydrogen) atoms. The average Bonchev–Trinajstić information content (AvgIpc) is 2.73. The van der Waals surface area contributed by atoms with Crippen molar-refractivity contribution >= 4 is 15.7 Å². The zero-order valence-electron chi connectivity index (χ0n) is 10.5. The van der Waals surface area contributed by atoms with Crippen molar-refractivity contribution in [1.29, 1.82) is 0 Å². The number of sulfone groups is 1. The van der Waals surface area contributed by atoms with Gasteiger partial charge in [-0.1, -0.05) is 0 Å². The van der Waals surface area contributed by atoms with Gasteiger partial charge in [0.25, 0.3) is 0 Å². The second-order valence-electron chi connectivity index (χ2n) is 5.29. The fourth-order valence-corrected chi connectivity index (χ4v) is 3.43. The molecule has 5 nitrogen and oxygen atoms in total. The number of hydrogen-bond donors (Lipinski definition) is 1. The molecule has 2 aliphatic rings. The van der Waals surface area contributed by atoms with Gasteiger partial charge < -0.3 is 10.2 Å². The number of carbonyl (C=O) groups excluding carboxylic acids is 1. The van der Waals surface area contributed by atoms with Crippen LogP contribution in [0.1, 0.15) is 20.3 Å². The van der Waals surface area contributed by atoms with E-state index in [0.717, 1.165) is 25.8 Å². The second-order valence-corrected chi connectivity index (χ2v) is 7.65. The molecule has 0 aromatic carbocycles. The molecule has 0 radical (unpaired) electrons. The Labute approximate surface area is 102 Å². The first kappa shape index (κ1) is 12.8. The molecule has 0 spiro atoms. The van der Waals surface area contributed by atoms with Crippen LogP contribution in [0.5, 0.6) is 0 Å². The van der Waals surface area contributed by atoms with Crippen molar-refractivity contribution in [2.45, 2.75) is 37.6 Å². The molecular formula is C11H20N2O3S. The molecule has 2 fully saturated rings. The summed E-state index contributed by atoms with van der Waals surface area (Å²) in [5.41, 5.74) is 0. The van der Waals surface area contributed by atoms with Gasteiger partial charge in [0.05, 0.1) is 0 Å². The number of nitrogens with zero attached hydrogens (tertiary/aromatic N) is 1. The molecule has 0 aromatic rings. The van der Waals surface area contributed by atoms with Crippen molar-refractivity contribution in [3.8, 4) is 0 Å². The molecule has 98 valence electrons. The molecular weight excluding hydrogens is 240 g/mol. The van der Waals surface area contributed by atoms with Gasteiger partial charge in [0.2, 0.25) is 5.91 Å². The van der Waals surface area contributed by atoms with Crippen LogP contribution in [0.4, 0.5) is 0 Å². The maximum atomic E-state index is 12.3. The van der Waals surface area contributed by atoms with Crippen molar-refractivity contribution < 1.29 is 13.2 Å². The number of likely N-dealkylation sites (tertiary alicyclic amines) is 1. The zero-order chi connectivity index (χ0) is 12.8. The Morgan fingerprint density at radius 3 is 2.65 bits per heavy atom. The van der Waals surface area contributed by atoms with Gasteiger partial charge >= 0.3 is 0 Å². The third-order valence-electron chi connectivity index (χ3n) is 4.02. The summed E-state index contributed by atoms with van der Waals surface area (Å²) in [5, 5.41) is 2.34. The lowest BCUT2D eigenvalue weighted by molar-refractivity contribution is -0.132. The lowest BCUT2D eigenvalue weighted by atomic mass is 10.0. The number of nitrogens with one attached hydrogen (secondary N) is 1. The van der Waals surface area contributed by atoms with Crippen molar-refractivity contribution in [2.24, 2.45) is 5.92 Å². The van der Waals surface area contributed by atoms with Crippen LogP contribution < -0.4 is 5.32 Å². The van der Waals surface area contributed by atoms with E-state index in [0.29, 0.717) is 5.92 Å². The number of carbonyl (C=O) groups is 1. The molecule has 2 saturated heterocycles. The Bertz CT molecular complexity index is 420. The Balaban J connectivity index is 2.19. The average molecular weight is 260 g/mol. The first-order chi connectivity index (χ1) is 7.82. The van der Waals surface area contributed by atoms with Gasteiger partial charge in [-0.3, -0.25) is 4.79 Å². The molecule has 0 aromatic heterocycles. The number of fused-ring (bicyclic) bond motifs is 1. The summed E-state index contributed by atoms with van der Waals surface area (Å²) in [6.07, 6.45) is 2.10. The highest BCUT2D eigenvalue weighted by molar-refractivity contribution is 7.92. The Kier molecular flexibility index (Phi) is 3.20. The third-order valence-corrected chi connectivity index (χ3v) is 5.51. The molecule has 0 saturated carbocycles. The minimum atomic E-state index is -3.30. The van der Waals surface area contributed by atoms with E-state index < -0.39 is 15.1 Å². The molecule has 2 aliphatic heterocycles. The fraction of sp³-hybridized carbons (Fsp3) is 0.909. The normalized spacial score (nSPS) is 34.8. The number of rotatable bonds is 2. The Hall–Kier alpha value is -0.620. The quantitative estimate of drug-likeness (QED) is 0.735. The van der Waals surface area contributed by atoms with E-state index in [1.165, 1.54) is 6.92 Å². The van der Waals surface area contributed by atoms with Crippen molar-refractivity contribution in [1.82, 2.24) is 10.2 Å². The van der Waals surface area contributed by atoms with Crippen LogP contribution in [-0.4, -0.2) is 55.9 Å². The van der Waals surface area contributed by atoms with E-state index in [1.54, 1.807) is 4.90 Å². The highest BCUT2D eigenvalue weighted by atomic mass is 32.2. The molecule has 6 heteroatoms. The number of hydrogen-bond acceptors (Lipinski definition) is 4. The lowest BCUT2D eigenvalue weighted by Crippen LogP contribution is -2.48. The van der Waals surface area contributed by atoms with E-state index in [1.807, 2.05) is 6.92 Å². The van der Waals surface area contributed by atoms with Crippen LogP contribution in [0.25, 0.3) is 0 Å². The highest BCUT2D eigenvalue weighted by Crippen LogP contribution is 2.33. The van der Waals surface area contributed by atoms with E-state index in [-0.39, 0.29) is 18.0 Å². The summed E-state index contributed by atoms with van der Waals surface area (Å²) in [5.74, 6) is 0.247. The van der Waals surface area contributed by atoms with Gasteiger partial charge in [0.15, 0.2) is 9.84 Å². The van der Waals surface area contributed by atoms with Gasteiger partial charge in [0, 0.05) is 31.4 Å². The summed E-state index contributed by atoms with van der Waals surface area (Å²) >= 11 is 0. The zero-order valence-corrected chi connectivity index (χ0v) is 11.3. The van der Waals surface area contributed by atoms with Crippen LogP contribution >= 0.6 is 0 Å². The molecule has 0 aliphatic carbocycles. The van der Waals surface area contributed by atoms with Crippen LogP contribution in [-0.2, 0) is 14.6 Å². The predicted molar refractivity (Wildman–Crippen MR) is 65.4 cm³/mol. The summed E-state index contributed by atoms with van der Waals surface area (Å²) in [6, 6.07) is 0.338. The second kappa shape index (κ2) is 4.24. The van der Waals surface area contributed by atoms with Crippen molar-refractivity contribution in [2.75, 3.05) is 19.3 Å². The molecule has 1 N–H and O–H groups in total. The first-order valence-electron chi connectivity index (χ1n) is 6.04. The topological polar surface area (TPSA) is 66.5 Å². The van der Waals surface area contributed by atoms with Gasteiger partial charge in [-0.2, -0.15) is 0 Å². The van der Waals surface area contributed by atoms with Crippen LogP contribution in [0.2, 0.25) is 0 Å². The van der Waals surface area contributed by atoms with Crippen molar-refractivity contribution in [3.63, 3.8) is 0 Å². The molecule has 4 unspecified atom stereocenters.